The van der Waals surface area contributed by atoms with Crippen LogP contribution in [0.2, 0.25) is 0 Å². The van der Waals surface area contributed by atoms with Crippen LogP contribution in [0.5, 0.6) is 0 Å². The van der Waals surface area contributed by atoms with Crippen molar-refractivity contribution in [2.45, 2.75) is 25.9 Å². The van der Waals surface area contributed by atoms with Gasteiger partial charge in [-0.15, -0.1) is 0 Å². The van der Waals surface area contributed by atoms with Gasteiger partial charge in [-0.05, 0) is 25.5 Å². The molecule has 0 saturated carbocycles. The average Bonchev–Trinajstić information content (AvgIpc) is 3.08. The Labute approximate surface area is 144 Å². The van der Waals surface area contributed by atoms with Gasteiger partial charge in [-0.25, -0.2) is 9.59 Å². The summed E-state index contributed by atoms with van der Waals surface area (Å²) >= 11 is 0. The molecule has 0 unspecified atom stereocenters. The van der Waals surface area contributed by atoms with Crippen molar-refractivity contribution >= 4 is 17.9 Å². The van der Waals surface area contributed by atoms with Gasteiger partial charge in [-0.2, -0.15) is 0 Å². The van der Waals surface area contributed by atoms with Gasteiger partial charge in [-0.1, -0.05) is 30.3 Å². The summed E-state index contributed by atoms with van der Waals surface area (Å²) in [5.41, 5.74) is -0.164. The minimum absolute atomic E-state index is 0.0646. The molecule has 7 heteroatoms. The Hall–Kier alpha value is -3.09. The third kappa shape index (κ3) is 2.77. The van der Waals surface area contributed by atoms with E-state index in [-0.39, 0.29) is 18.0 Å². The van der Waals surface area contributed by atoms with E-state index in [0.717, 1.165) is 4.90 Å². The molecule has 1 fully saturated rings. The molecular weight excluding hydrogens is 324 g/mol. The second kappa shape index (κ2) is 6.08. The number of nitrogens with zero attached hydrogens (tertiary/aromatic N) is 1. The molecule has 0 bridgehead atoms. The molecule has 1 aliphatic heterocycles. The molecule has 3 amide bonds. The SMILES string of the molecule is COC(=O)c1cc(CN2C(=O)N[C@@](C)(c3ccccc3)C2=O)oc1C. The molecule has 2 aromatic rings. The van der Waals surface area contributed by atoms with Crippen LogP contribution < -0.4 is 5.32 Å². The lowest BCUT2D eigenvalue weighted by Crippen LogP contribution is -2.40. The number of amides is 3. The second-order valence-electron chi connectivity index (χ2n) is 5.99. The van der Waals surface area contributed by atoms with Gasteiger partial charge in [-0.3, -0.25) is 9.69 Å². The molecule has 25 heavy (non-hydrogen) atoms. The van der Waals surface area contributed by atoms with Crippen LogP contribution >= 0.6 is 0 Å². The molecular formula is C18H18N2O5. The second-order valence-corrected chi connectivity index (χ2v) is 5.99. The zero-order valence-electron chi connectivity index (χ0n) is 14.2. The Balaban J connectivity index is 1.86. The number of furan rings is 1. The van der Waals surface area contributed by atoms with E-state index in [1.54, 1.807) is 38.1 Å². The van der Waals surface area contributed by atoms with E-state index in [9.17, 15) is 14.4 Å². The maximum atomic E-state index is 12.8. The average molecular weight is 342 g/mol. The predicted molar refractivity (Wildman–Crippen MR) is 87.7 cm³/mol. The molecule has 1 atom stereocenters. The normalized spacial score (nSPS) is 19.9. The monoisotopic (exact) mass is 342 g/mol. The van der Waals surface area contributed by atoms with Gasteiger partial charge in [0.05, 0.1) is 13.7 Å². The lowest BCUT2D eigenvalue weighted by molar-refractivity contribution is -0.131. The smallest absolute Gasteiger partial charge is 0.341 e. The highest BCUT2D eigenvalue weighted by atomic mass is 16.5. The van der Waals surface area contributed by atoms with Gasteiger partial charge in [0.2, 0.25) is 0 Å². The first-order valence-corrected chi connectivity index (χ1v) is 7.74. The number of benzene rings is 1. The molecule has 1 saturated heterocycles. The van der Waals surface area contributed by atoms with Crippen molar-refractivity contribution in [1.82, 2.24) is 10.2 Å². The van der Waals surface area contributed by atoms with Crippen LogP contribution in [0.15, 0.2) is 40.8 Å². The minimum Gasteiger partial charge on any atom is -0.465 e. The van der Waals surface area contributed by atoms with Gasteiger partial charge in [0.1, 0.15) is 22.6 Å². The Bertz CT molecular complexity index is 842. The Morgan fingerprint density at radius 1 is 1.28 bits per heavy atom. The maximum Gasteiger partial charge on any atom is 0.341 e. The summed E-state index contributed by atoms with van der Waals surface area (Å²) < 4.78 is 10.2. The quantitative estimate of drug-likeness (QED) is 0.680. The van der Waals surface area contributed by atoms with Crippen molar-refractivity contribution in [2.75, 3.05) is 7.11 Å². The summed E-state index contributed by atoms with van der Waals surface area (Å²) in [5.74, 6) is -0.199. The number of rotatable bonds is 4. The van der Waals surface area contributed by atoms with Gasteiger partial charge >= 0.3 is 12.0 Å². The van der Waals surface area contributed by atoms with Crippen LogP contribution in [-0.4, -0.2) is 29.9 Å². The predicted octanol–water partition coefficient (Wildman–Crippen LogP) is 2.34. The summed E-state index contributed by atoms with van der Waals surface area (Å²) in [6.07, 6.45) is 0. The number of urea groups is 1. The number of ether oxygens (including phenoxy) is 1. The molecule has 0 aliphatic carbocycles. The number of esters is 1. The molecule has 0 spiro atoms. The fourth-order valence-corrected chi connectivity index (χ4v) is 2.90. The molecule has 3 rings (SSSR count). The number of nitrogens with one attached hydrogen (secondary N) is 1. The Kier molecular flexibility index (Phi) is 4.08. The highest BCUT2D eigenvalue weighted by Gasteiger charge is 2.49. The van der Waals surface area contributed by atoms with E-state index in [0.29, 0.717) is 17.1 Å². The van der Waals surface area contributed by atoms with Crippen molar-refractivity contribution < 1.29 is 23.5 Å². The number of hydrogen-bond acceptors (Lipinski definition) is 5. The first kappa shape index (κ1) is 16.8. The number of methoxy groups -OCH3 is 1. The third-order valence-electron chi connectivity index (χ3n) is 4.31. The van der Waals surface area contributed by atoms with Crippen molar-refractivity contribution in [3.05, 3.63) is 59.0 Å². The van der Waals surface area contributed by atoms with Crippen LogP contribution in [0.25, 0.3) is 0 Å². The number of carbonyl (C=O) groups is 3. The molecule has 1 aliphatic rings. The van der Waals surface area contributed by atoms with Crippen LogP contribution in [0, 0.1) is 6.92 Å². The third-order valence-corrected chi connectivity index (χ3v) is 4.31. The number of imide groups is 1. The Morgan fingerprint density at radius 3 is 2.60 bits per heavy atom. The first-order valence-electron chi connectivity index (χ1n) is 7.74. The van der Waals surface area contributed by atoms with E-state index in [1.807, 2.05) is 6.07 Å². The van der Waals surface area contributed by atoms with Gasteiger partial charge in [0.25, 0.3) is 5.91 Å². The lowest BCUT2D eigenvalue weighted by Gasteiger charge is -2.21. The molecule has 2 heterocycles. The summed E-state index contributed by atoms with van der Waals surface area (Å²) in [7, 11) is 1.27. The van der Waals surface area contributed by atoms with Crippen molar-refractivity contribution in [2.24, 2.45) is 0 Å². The standard InChI is InChI=1S/C18H18N2O5/c1-11-14(15(21)24-3)9-13(25-11)10-20-16(22)18(2,19-17(20)23)12-7-5-4-6-8-12/h4-9H,10H2,1-3H3,(H,19,23)/t18-/m0/s1. The highest BCUT2D eigenvalue weighted by Crippen LogP contribution is 2.30. The van der Waals surface area contributed by atoms with Gasteiger partial charge < -0.3 is 14.5 Å². The molecule has 1 aromatic heterocycles. The van der Waals surface area contributed by atoms with Crippen LogP contribution in [-0.2, 0) is 21.6 Å². The summed E-state index contributed by atoms with van der Waals surface area (Å²) in [5, 5.41) is 2.73. The largest absolute Gasteiger partial charge is 0.465 e. The first-order chi connectivity index (χ1) is 11.9. The van der Waals surface area contributed by atoms with Gasteiger partial charge in [0, 0.05) is 0 Å². The van der Waals surface area contributed by atoms with Crippen LogP contribution in [0.1, 0.15) is 34.4 Å². The van der Waals surface area contributed by atoms with Gasteiger partial charge in [0.15, 0.2) is 0 Å². The zero-order valence-corrected chi connectivity index (χ0v) is 14.2. The summed E-state index contributed by atoms with van der Waals surface area (Å²) in [4.78, 5) is 37.9. The van der Waals surface area contributed by atoms with E-state index >= 15 is 0 Å². The van der Waals surface area contributed by atoms with Crippen molar-refractivity contribution in [3.8, 4) is 0 Å². The zero-order chi connectivity index (χ0) is 18.2. The van der Waals surface area contributed by atoms with E-state index in [4.69, 9.17) is 4.42 Å². The summed E-state index contributed by atoms with van der Waals surface area (Å²) in [6.45, 7) is 3.22. The van der Waals surface area contributed by atoms with E-state index in [2.05, 4.69) is 10.1 Å². The molecule has 7 nitrogen and oxygen atoms in total. The fourth-order valence-electron chi connectivity index (χ4n) is 2.90. The van der Waals surface area contributed by atoms with E-state index < -0.39 is 17.5 Å². The Morgan fingerprint density at radius 2 is 1.96 bits per heavy atom. The van der Waals surface area contributed by atoms with Crippen LogP contribution in [0.4, 0.5) is 4.79 Å². The van der Waals surface area contributed by atoms with Crippen molar-refractivity contribution in [1.29, 1.82) is 0 Å². The molecule has 130 valence electrons. The van der Waals surface area contributed by atoms with Crippen LogP contribution in [0.3, 0.4) is 0 Å². The number of carbonyl (C=O) groups excluding carboxylic acids is 3. The highest BCUT2D eigenvalue weighted by molar-refractivity contribution is 6.07. The number of aryl methyl sites for hydroxylation is 1. The maximum absolute atomic E-state index is 12.8. The summed E-state index contributed by atoms with van der Waals surface area (Å²) in [6, 6.07) is 10.0. The van der Waals surface area contributed by atoms with Crippen molar-refractivity contribution in [3.63, 3.8) is 0 Å². The van der Waals surface area contributed by atoms with E-state index in [1.165, 1.54) is 13.2 Å². The molecule has 1 N–H and O–H groups in total. The topological polar surface area (TPSA) is 88.9 Å². The number of hydrogen-bond donors (Lipinski definition) is 1. The minimum atomic E-state index is -1.13. The molecule has 0 radical (unpaired) electrons. The molecule has 1 aromatic carbocycles. The fraction of sp³-hybridized carbons (Fsp3) is 0.278. The lowest BCUT2D eigenvalue weighted by atomic mass is 9.92.